The van der Waals surface area contributed by atoms with Crippen molar-refractivity contribution in [2.45, 2.75) is 25.2 Å². The van der Waals surface area contributed by atoms with Gasteiger partial charge in [0.25, 0.3) is 0 Å². The summed E-state index contributed by atoms with van der Waals surface area (Å²) in [6.07, 6.45) is 3.74. The lowest BCUT2D eigenvalue weighted by atomic mass is 9.83. The third kappa shape index (κ3) is 2.40. The Balaban J connectivity index is 1.71. The molecule has 0 aliphatic heterocycles. The molecule has 0 heterocycles. The minimum Gasteiger partial charge on any atom is -0.493 e. The van der Waals surface area contributed by atoms with E-state index in [2.05, 4.69) is 24.3 Å². The fourth-order valence-corrected chi connectivity index (χ4v) is 2.74. The first-order valence-electron chi connectivity index (χ1n) is 6.69. The Morgan fingerprint density at radius 3 is 2.61 bits per heavy atom. The van der Waals surface area contributed by atoms with E-state index in [1.165, 1.54) is 30.4 Å². The fourth-order valence-electron chi connectivity index (χ4n) is 2.74. The predicted octanol–water partition coefficient (Wildman–Crippen LogP) is 4.19. The summed E-state index contributed by atoms with van der Waals surface area (Å²) in [5.74, 6) is 1.52. The van der Waals surface area contributed by atoms with Gasteiger partial charge in [-0.05, 0) is 42.5 Å². The first-order valence-corrected chi connectivity index (χ1v) is 6.69. The third-order valence-corrected chi connectivity index (χ3v) is 3.69. The van der Waals surface area contributed by atoms with E-state index in [-0.39, 0.29) is 0 Å². The number of rotatable bonds is 3. The molecule has 92 valence electrons. The maximum Gasteiger partial charge on any atom is 0.119 e. The summed E-state index contributed by atoms with van der Waals surface area (Å²) in [6, 6.07) is 18.9. The number of para-hydroxylation sites is 1. The van der Waals surface area contributed by atoms with Crippen LogP contribution in [-0.2, 0) is 6.42 Å². The van der Waals surface area contributed by atoms with Crippen LogP contribution in [0.2, 0.25) is 0 Å². The molecule has 1 aliphatic carbocycles. The summed E-state index contributed by atoms with van der Waals surface area (Å²) in [5.41, 5.74) is 2.99. The van der Waals surface area contributed by atoms with E-state index in [0.717, 1.165) is 12.4 Å². The van der Waals surface area contributed by atoms with Crippen molar-refractivity contribution in [3.05, 3.63) is 65.7 Å². The lowest BCUT2D eigenvalue weighted by Crippen LogP contribution is -2.16. The Bertz CT molecular complexity index is 504. The molecule has 0 fully saturated rings. The zero-order valence-corrected chi connectivity index (χ0v) is 10.5. The van der Waals surface area contributed by atoms with Gasteiger partial charge in [0.05, 0.1) is 6.61 Å². The maximum absolute atomic E-state index is 5.90. The SMILES string of the molecule is c1ccc(OCC2CCCc3ccccc32)cc1. The zero-order valence-electron chi connectivity index (χ0n) is 10.5. The molecule has 0 saturated heterocycles. The van der Waals surface area contributed by atoms with Crippen molar-refractivity contribution in [2.75, 3.05) is 6.61 Å². The second-order valence-electron chi connectivity index (χ2n) is 4.91. The molecule has 1 unspecified atom stereocenters. The van der Waals surface area contributed by atoms with E-state index in [9.17, 15) is 0 Å². The van der Waals surface area contributed by atoms with Crippen molar-refractivity contribution in [3.63, 3.8) is 0 Å². The molecule has 0 N–H and O–H groups in total. The topological polar surface area (TPSA) is 9.23 Å². The van der Waals surface area contributed by atoms with Crippen molar-refractivity contribution >= 4 is 0 Å². The van der Waals surface area contributed by atoms with Gasteiger partial charge in [-0.2, -0.15) is 0 Å². The summed E-state index contributed by atoms with van der Waals surface area (Å²) >= 11 is 0. The highest BCUT2D eigenvalue weighted by molar-refractivity contribution is 5.33. The summed E-state index contributed by atoms with van der Waals surface area (Å²) < 4.78 is 5.90. The van der Waals surface area contributed by atoms with Gasteiger partial charge in [0.15, 0.2) is 0 Å². The van der Waals surface area contributed by atoms with Gasteiger partial charge < -0.3 is 4.74 Å². The highest BCUT2D eigenvalue weighted by Gasteiger charge is 2.20. The molecule has 18 heavy (non-hydrogen) atoms. The molecule has 2 aromatic rings. The van der Waals surface area contributed by atoms with Gasteiger partial charge in [-0.3, -0.25) is 0 Å². The molecule has 0 saturated carbocycles. The van der Waals surface area contributed by atoms with Gasteiger partial charge >= 0.3 is 0 Å². The van der Waals surface area contributed by atoms with E-state index < -0.39 is 0 Å². The quantitative estimate of drug-likeness (QED) is 0.779. The second-order valence-corrected chi connectivity index (χ2v) is 4.91. The minimum absolute atomic E-state index is 0.551. The number of hydrogen-bond donors (Lipinski definition) is 0. The van der Waals surface area contributed by atoms with Gasteiger partial charge in [-0.25, -0.2) is 0 Å². The van der Waals surface area contributed by atoms with Crippen LogP contribution in [0.15, 0.2) is 54.6 Å². The highest BCUT2D eigenvalue weighted by atomic mass is 16.5. The maximum atomic E-state index is 5.90. The van der Waals surface area contributed by atoms with Crippen molar-refractivity contribution in [2.24, 2.45) is 0 Å². The third-order valence-electron chi connectivity index (χ3n) is 3.69. The van der Waals surface area contributed by atoms with Crippen molar-refractivity contribution in [3.8, 4) is 5.75 Å². The van der Waals surface area contributed by atoms with Crippen LogP contribution in [0.4, 0.5) is 0 Å². The van der Waals surface area contributed by atoms with Gasteiger partial charge in [-0.15, -0.1) is 0 Å². The van der Waals surface area contributed by atoms with Crippen molar-refractivity contribution in [1.82, 2.24) is 0 Å². The van der Waals surface area contributed by atoms with E-state index >= 15 is 0 Å². The Morgan fingerprint density at radius 1 is 0.944 bits per heavy atom. The molecule has 0 radical (unpaired) electrons. The molecule has 1 heteroatoms. The predicted molar refractivity (Wildman–Crippen MR) is 74.1 cm³/mol. The van der Waals surface area contributed by atoms with Crippen LogP contribution in [0.25, 0.3) is 0 Å². The highest BCUT2D eigenvalue weighted by Crippen LogP contribution is 2.31. The van der Waals surface area contributed by atoms with E-state index in [4.69, 9.17) is 4.74 Å². The fraction of sp³-hybridized carbons (Fsp3) is 0.294. The van der Waals surface area contributed by atoms with Gasteiger partial charge in [0, 0.05) is 5.92 Å². The molecule has 0 amide bonds. The van der Waals surface area contributed by atoms with Crippen LogP contribution < -0.4 is 4.74 Å². The average Bonchev–Trinajstić information content (AvgIpc) is 2.46. The first-order chi connectivity index (χ1) is 8.93. The van der Waals surface area contributed by atoms with Crippen LogP contribution in [0, 0.1) is 0 Å². The molecular formula is C17H18O. The number of fused-ring (bicyclic) bond motifs is 1. The largest absolute Gasteiger partial charge is 0.493 e. The number of ether oxygens (including phenoxy) is 1. The average molecular weight is 238 g/mol. The van der Waals surface area contributed by atoms with Crippen LogP contribution in [0.5, 0.6) is 5.75 Å². The van der Waals surface area contributed by atoms with E-state index in [0.29, 0.717) is 5.92 Å². The Hall–Kier alpha value is -1.76. The van der Waals surface area contributed by atoms with Gasteiger partial charge in [0.1, 0.15) is 5.75 Å². The van der Waals surface area contributed by atoms with Gasteiger partial charge in [-0.1, -0.05) is 42.5 Å². The Kier molecular flexibility index (Phi) is 3.31. The van der Waals surface area contributed by atoms with Crippen LogP contribution in [0.3, 0.4) is 0 Å². The molecule has 3 rings (SSSR count). The number of benzene rings is 2. The van der Waals surface area contributed by atoms with Crippen LogP contribution in [-0.4, -0.2) is 6.61 Å². The Labute approximate surface area is 108 Å². The molecule has 0 aromatic heterocycles. The van der Waals surface area contributed by atoms with Crippen molar-refractivity contribution < 1.29 is 4.74 Å². The lowest BCUT2D eigenvalue weighted by Gasteiger charge is -2.25. The first kappa shape index (κ1) is 11.3. The lowest BCUT2D eigenvalue weighted by molar-refractivity contribution is 0.274. The smallest absolute Gasteiger partial charge is 0.119 e. The zero-order chi connectivity index (χ0) is 12.2. The standard InChI is InChI=1S/C17H18O/c1-2-10-16(11-3-1)18-13-15-9-6-8-14-7-4-5-12-17(14)15/h1-5,7,10-12,15H,6,8-9,13H2. The van der Waals surface area contributed by atoms with Crippen LogP contribution >= 0.6 is 0 Å². The number of hydrogen-bond acceptors (Lipinski definition) is 1. The minimum atomic E-state index is 0.551. The second kappa shape index (κ2) is 5.26. The molecule has 2 aromatic carbocycles. The normalized spacial score (nSPS) is 18.1. The molecule has 0 spiro atoms. The number of aryl methyl sites for hydroxylation is 1. The summed E-state index contributed by atoms with van der Waals surface area (Å²) in [4.78, 5) is 0. The van der Waals surface area contributed by atoms with Crippen LogP contribution in [0.1, 0.15) is 29.9 Å². The molecular weight excluding hydrogens is 220 g/mol. The molecule has 0 bridgehead atoms. The Morgan fingerprint density at radius 2 is 1.72 bits per heavy atom. The van der Waals surface area contributed by atoms with E-state index in [1.807, 2.05) is 30.3 Å². The molecule has 1 nitrogen and oxygen atoms in total. The summed E-state index contributed by atoms with van der Waals surface area (Å²) in [7, 11) is 0. The monoisotopic (exact) mass is 238 g/mol. The van der Waals surface area contributed by atoms with Crippen molar-refractivity contribution in [1.29, 1.82) is 0 Å². The van der Waals surface area contributed by atoms with E-state index in [1.54, 1.807) is 0 Å². The molecule has 1 atom stereocenters. The summed E-state index contributed by atoms with van der Waals surface area (Å²) in [5, 5.41) is 0. The summed E-state index contributed by atoms with van der Waals surface area (Å²) in [6.45, 7) is 0.793. The van der Waals surface area contributed by atoms with Gasteiger partial charge in [0.2, 0.25) is 0 Å². The molecule has 1 aliphatic rings.